The van der Waals surface area contributed by atoms with Crippen molar-refractivity contribution in [3.63, 3.8) is 0 Å². The second-order valence-electron chi connectivity index (χ2n) is 3.73. The van der Waals surface area contributed by atoms with E-state index < -0.39 is 5.97 Å². The van der Waals surface area contributed by atoms with Gasteiger partial charge in [-0.15, -0.1) is 5.10 Å². The first-order chi connectivity index (χ1) is 8.75. The van der Waals surface area contributed by atoms with Gasteiger partial charge in [-0.2, -0.15) is 0 Å². The molecule has 0 unspecified atom stereocenters. The van der Waals surface area contributed by atoms with Crippen LogP contribution in [-0.2, 0) is 0 Å². The van der Waals surface area contributed by atoms with Crippen molar-refractivity contribution in [2.24, 2.45) is 0 Å². The van der Waals surface area contributed by atoms with Gasteiger partial charge in [-0.05, 0) is 17.5 Å². The fourth-order valence-corrected chi connectivity index (χ4v) is 1.78. The molecule has 0 aliphatic heterocycles. The second kappa shape index (κ2) is 3.92. The lowest BCUT2D eigenvalue weighted by Gasteiger charge is -2.04. The first-order valence-electron chi connectivity index (χ1n) is 5.24. The van der Waals surface area contributed by atoms with Crippen molar-refractivity contribution < 1.29 is 9.90 Å². The fraction of sp³-hybridized carbons (Fsp3) is 0. The molecule has 3 rings (SSSR count). The largest absolute Gasteiger partial charge is 0.476 e. The maximum atomic E-state index is 10.8. The molecule has 0 aliphatic rings. The van der Waals surface area contributed by atoms with E-state index >= 15 is 0 Å². The molecule has 18 heavy (non-hydrogen) atoms. The number of carboxylic acids is 1. The van der Waals surface area contributed by atoms with Crippen LogP contribution in [0.25, 0.3) is 16.5 Å². The Hall–Kier alpha value is -2.76. The van der Waals surface area contributed by atoms with Gasteiger partial charge in [-0.3, -0.25) is 4.98 Å². The number of nitrogens with zero attached hydrogens (tertiary/aromatic N) is 4. The Kier molecular flexibility index (Phi) is 2.26. The lowest BCUT2D eigenvalue weighted by Crippen LogP contribution is -1.97. The Morgan fingerprint density at radius 2 is 2.17 bits per heavy atom. The molecule has 6 heteroatoms. The van der Waals surface area contributed by atoms with Crippen LogP contribution in [0.3, 0.4) is 0 Å². The lowest BCUT2D eigenvalue weighted by molar-refractivity contribution is 0.0690. The molecule has 3 aromatic rings. The van der Waals surface area contributed by atoms with E-state index in [0.29, 0.717) is 0 Å². The van der Waals surface area contributed by atoms with Crippen molar-refractivity contribution >= 4 is 16.7 Å². The van der Waals surface area contributed by atoms with Gasteiger partial charge in [0, 0.05) is 17.8 Å². The quantitative estimate of drug-likeness (QED) is 0.734. The average Bonchev–Trinajstić information content (AvgIpc) is 2.87. The normalized spacial score (nSPS) is 10.7. The van der Waals surface area contributed by atoms with Crippen molar-refractivity contribution in [1.82, 2.24) is 20.0 Å². The number of pyridine rings is 1. The van der Waals surface area contributed by atoms with Gasteiger partial charge >= 0.3 is 5.97 Å². The molecule has 0 radical (unpaired) electrons. The van der Waals surface area contributed by atoms with E-state index in [4.69, 9.17) is 5.11 Å². The van der Waals surface area contributed by atoms with Crippen LogP contribution >= 0.6 is 0 Å². The van der Waals surface area contributed by atoms with Crippen molar-refractivity contribution in [2.75, 3.05) is 0 Å². The molecule has 0 saturated carbocycles. The highest BCUT2D eigenvalue weighted by molar-refractivity contribution is 5.89. The Morgan fingerprint density at radius 1 is 1.28 bits per heavy atom. The second-order valence-corrected chi connectivity index (χ2v) is 3.73. The molecule has 2 heterocycles. The summed E-state index contributed by atoms with van der Waals surface area (Å²) in [6.07, 6.45) is 4.80. The maximum Gasteiger partial charge on any atom is 0.358 e. The zero-order valence-electron chi connectivity index (χ0n) is 9.19. The predicted octanol–water partition coefficient (Wildman–Crippen LogP) is 1.51. The van der Waals surface area contributed by atoms with Gasteiger partial charge in [0.15, 0.2) is 5.69 Å². The highest BCUT2D eigenvalue weighted by atomic mass is 16.4. The van der Waals surface area contributed by atoms with Crippen molar-refractivity contribution in [3.05, 3.63) is 48.5 Å². The zero-order chi connectivity index (χ0) is 12.5. The maximum absolute atomic E-state index is 10.8. The fourth-order valence-electron chi connectivity index (χ4n) is 1.78. The molecule has 0 fully saturated rings. The van der Waals surface area contributed by atoms with Crippen LogP contribution in [0.2, 0.25) is 0 Å². The number of hydrogen-bond acceptors (Lipinski definition) is 4. The molecule has 0 saturated heterocycles. The Morgan fingerprint density at radius 3 is 2.94 bits per heavy atom. The number of fused-ring (bicyclic) bond motifs is 1. The van der Waals surface area contributed by atoms with E-state index in [-0.39, 0.29) is 5.69 Å². The number of rotatable bonds is 2. The van der Waals surface area contributed by atoms with E-state index in [1.165, 1.54) is 10.9 Å². The molecule has 1 N–H and O–H groups in total. The molecule has 0 aliphatic carbocycles. The van der Waals surface area contributed by atoms with Crippen molar-refractivity contribution in [3.8, 4) is 5.69 Å². The summed E-state index contributed by atoms with van der Waals surface area (Å²) in [6, 6.07) is 7.55. The Labute approximate surface area is 102 Å². The van der Waals surface area contributed by atoms with E-state index in [1.54, 1.807) is 12.4 Å². The summed E-state index contributed by atoms with van der Waals surface area (Å²) in [7, 11) is 0. The molecule has 0 amide bonds. The van der Waals surface area contributed by atoms with Crippen LogP contribution in [-0.4, -0.2) is 31.1 Å². The number of benzene rings is 1. The van der Waals surface area contributed by atoms with Crippen LogP contribution < -0.4 is 0 Å². The zero-order valence-corrected chi connectivity index (χ0v) is 9.19. The van der Waals surface area contributed by atoms with Gasteiger partial charge in [0.1, 0.15) is 0 Å². The monoisotopic (exact) mass is 240 g/mol. The van der Waals surface area contributed by atoms with Gasteiger partial charge in [0.2, 0.25) is 0 Å². The molecule has 0 atom stereocenters. The standard InChI is InChI=1S/C12H8N4O2/c17-12(18)10-7-16(15-14-10)11-3-1-2-8-4-5-13-6-9(8)11/h1-7H,(H,17,18). The average molecular weight is 240 g/mol. The van der Waals surface area contributed by atoms with E-state index in [2.05, 4.69) is 15.3 Å². The van der Waals surface area contributed by atoms with Crippen molar-refractivity contribution in [2.45, 2.75) is 0 Å². The smallest absolute Gasteiger partial charge is 0.358 e. The number of aromatic carboxylic acids is 1. The molecular weight excluding hydrogens is 232 g/mol. The van der Waals surface area contributed by atoms with Gasteiger partial charge in [0.25, 0.3) is 0 Å². The van der Waals surface area contributed by atoms with E-state index in [9.17, 15) is 4.79 Å². The van der Waals surface area contributed by atoms with Gasteiger partial charge in [-0.1, -0.05) is 17.3 Å². The molecule has 88 valence electrons. The van der Waals surface area contributed by atoms with Crippen LogP contribution in [0, 0.1) is 0 Å². The SMILES string of the molecule is O=C(O)c1cn(-c2cccc3ccncc23)nn1. The minimum atomic E-state index is -1.10. The molecular formula is C12H8N4O2. The highest BCUT2D eigenvalue weighted by Gasteiger charge is 2.10. The van der Waals surface area contributed by atoms with Crippen molar-refractivity contribution in [1.29, 1.82) is 0 Å². The summed E-state index contributed by atoms with van der Waals surface area (Å²) in [6.45, 7) is 0. The first-order valence-corrected chi connectivity index (χ1v) is 5.24. The topological polar surface area (TPSA) is 80.9 Å². The van der Waals surface area contributed by atoms with Crippen LogP contribution in [0.15, 0.2) is 42.9 Å². The minimum Gasteiger partial charge on any atom is -0.476 e. The molecule has 6 nitrogen and oxygen atoms in total. The third kappa shape index (κ3) is 1.60. The molecule has 0 spiro atoms. The lowest BCUT2D eigenvalue weighted by atomic mass is 10.1. The van der Waals surface area contributed by atoms with Crippen LogP contribution in [0.5, 0.6) is 0 Å². The summed E-state index contributed by atoms with van der Waals surface area (Å²) in [4.78, 5) is 14.8. The number of hydrogen-bond donors (Lipinski definition) is 1. The first kappa shape index (κ1) is 10.4. The molecule has 2 aromatic heterocycles. The molecule has 1 aromatic carbocycles. The Balaban J connectivity index is 2.21. The highest BCUT2D eigenvalue weighted by Crippen LogP contribution is 2.20. The summed E-state index contributed by atoms with van der Waals surface area (Å²) in [5, 5.41) is 18.1. The number of carboxylic acid groups (broad SMARTS) is 1. The number of carbonyl (C=O) groups is 1. The summed E-state index contributed by atoms with van der Waals surface area (Å²) in [5.41, 5.74) is 0.663. The Bertz CT molecular complexity index is 730. The van der Waals surface area contributed by atoms with E-state index in [1.807, 2.05) is 24.3 Å². The van der Waals surface area contributed by atoms with Gasteiger partial charge < -0.3 is 5.11 Å². The summed E-state index contributed by atoms with van der Waals surface area (Å²) < 4.78 is 1.44. The summed E-state index contributed by atoms with van der Waals surface area (Å²) >= 11 is 0. The minimum absolute atomic E-state index is 0.0871. The molecule has 0 bridgehead atoms. The number of aromatic nitrogens is 4. The van der Waals surface area contributed by atoms with Crippen LogP contribution in [0.1, 0.15) is 10.5 Å². The van der Waals surface area contributed by atoms with Gasteiger partial charge in [-0.25, -0.2) is 9.48 Å². The third-order valence-corrected chi connectivity index (χ3v) is 2.62. The van der Waals surface area contributed by atoms with Crippen LogP contribution in [0.4, 0.5) is 0 Å². The van der Waals surface area contributed by atoms with Gasteiger partial charge in [0.05, 0.1) is 11.9 Å². The predicted molar refractivity (Wildman–Crippen MR) is 63.6 cm³/mol. The third-order valence-electron chi connectivity index (χ3n) is 2.62. The van der Waals surface area contributed by atoms with E-state index in [0.717, 1.165) is 16.5 Å². The summed E-state index contributed by atoms with van der Waals surface area (Å²) in [5.74, 6) is -1.10.